The SMILES string of the molecule is CNc1ncc(C(=O)Nc2c(Cl)cc(Cl)cc2Cl)cc1Cl. The van der Waals surface area contributed by atoms with Gasteiger partial charge >= 0.3 is 0 Å². The lowest BCUT2D eigenvalue weighted by Crippen LogP contribution is -2.13. The van der Waals surface area contributed by atoms with E-state index in [1.54, 1.807) is 7.05 Å². The zero-order valence-corrected chi connectivity index (χ0v) is 13.7. The van der Waals surface area contributed by atoms with E-state index < -0.39 is 5.91 Å². The highest BCUT2D eigenvalue weighted by Gasteiger charge is 2.14. The Morgan fingerprint density at radius 3 is 2.19 bits per heavy atom. The zero-order valence-electron chi connectivity index (χ0n) is 10.7. The second kappa shape index (κ2) is 6.71. The summed E-state index contributed by atoms with van der Waals surface area (Å²) in [4.78, 5) is 16.2. The molecular formula is C13H9Cl4N3O. The first-order valence-electron chi connectivity index (χ1n) is 5.71. The van der Waals surface area contributed by atoms with Gasteiger partial charge in [-0.3, -0.25) is 4.79 Å². The number of hydrogen-bond acceptors (Lipinski definition) is 3. The molecule has 0 atom stereocenters. The monoisotopic (exact) mass is 363 g/mol. The standard InChI is InChI=1S/C13H9Cl4N3O/c1-18-12-10(17)2-6(5-19-12)13(21)20-11-8(15)3-7(14)4-9(11)16/h2-5H,1H3,(H,18,19)(H,20,21). The first-order chi connectivity index (χ1) is 9.92. The summed E-state index contributed by atoms with van der Waals surface area (Å²) in [6, 6.07) is 4.47. The number of hydrogen-bond donors (Lipinski definition) is 2. The summed E-state index contributed by atoms with van der Waals surface area (Å²) in [6.07, 6.45) is 1.39. The van der Waals surface area contributed by atoms with Gasteiger partial charge in [-0.1, -0.05) is 46.4 Å². The summed E-state index contributed by atoms with van der Waals surface area (Å²) in [6.45, 7) is 0. The lowest BCUT2D eigenvalue weighted by Gasteiger charge is -2.10. The zero-order chi connectivity index (χ0) is 15.6. The van der Waals surface area contributed by atoms with E-state index in [0.717, 1.165) is 0 Å². The van der Waals surface area contributed by atoms with Crippen LogP contribution in [0.1, 0.15) is 10.4 Å². The van der Waals surface area contributed by atoms with Crippen LogP contribution in [0.3, 0.4) is 0 Å². The van der Waals surface area contributed by atoms with Gasteiger partial charge in [0.2, 0.25) is 0 Å². The average Bonchev–Trinajstić information content (AvgIpc) is 2.42. The van der Waals surface area contributed by atoms with Crippen LogP contribution in [-0.2, 0) is 0 Å². The molecule has 0 saturated heterocycles. The second-order valence-corrected chi connectivity index (χ2v) is 5.66. The minimum absolute atomic E-state index is 0.242. The smallest absolute Gasteiger partial charge is 0.257 e. The molecule has 2 rings (SSSR count). The van der Waals surface area contributed by atoms with Crippen molar-refractivity contribution in [1.82, 2.24) is 4.98 Å². The molecule has 0 radical (unpaired) electrons. The van der Waals surface area contributed by atoms with Gasteiger partial charge in [0.15, 0.2) is 0 Å². The number of halogens is 4. The third-order valence-corrected chi connectivity index (χ3v) is 3.69. The highest BCUT2D eigenvalue weighted by Crippen LogP contribution is 2.34. The van der Waals surface area contributed by atoms with Gasteiger partial charge < -0.3 is 10.6 Å². The third-order valence-electron chi connectivity index (χ3n) is 2.59. The Labute approximate surface area is 141 Å². The van der Waals surface area contributed by atoms with Crippen molar-refractivity contribution in [2.24, 2.45) is 0 Å². The molecule has 1 aromatic heterocycles. The summed E-state index contributed by atoms with van der Waals surface area (Å²) in [5.41, 5.74) is 0.558. The van der Waals surface area contributed by atoms with Crippen LogP contribution in [0, 0.1) is 0 Å². The highest BCUT2D eigenvalue weighted by atomic mass is 35.5. The molecule has 1 aromatic carbocycles. The fourth-order valence-electron chi connectivity index (χ4n) is 1.59. The van der Waals surface area contributed by atoms with E-state index in [1.807, 2.05) is 0 Å². The Kier molecular flexibility index (Phi) is 5.17. The van der Waals surface area contributed by atoms with Crippen LogP contribution in [0.25, 0.3) is 0 Å². The quantitative estimate of drug-likeness (QED) is 0.806. The highest BCUT2D eigenvalue weighted by molar-refractivity contribution is 6.42. The number of benzene rings is 1. The number of nitrogens with zero attached hydrogens (tertiary/aromatic N) is 1. The first-order valence-corrected chi connectivity index (χ1v) is 7.22. The number of aromatic nitrogens is 1. The van der Waals surface area contributed by atoms with Crippen LogP contribution in [0.2, 0.25) is 20.1 Å². The fourth-order valence-corrected chi connectivity index (χ4v) is 2.77. The first kappa shape index (κ1) is 16.2. The van der Waals surface area contributed by atoms with Crippen molar-refractivity contribution >= 4 is 63.8 Å². The number of pyridine rings is 1. The van der Waals surface area contributed by atoms with Crippen molar-refractivity contribution < 1.29 is 4.79 Å². The molecule has 0 saturated carbocycles. The number of carbonyl (C=O) groups excluding carboxylic acids is 1. The minimum Gasteiger partial charge on any atom is -0.372 e. The van der Waals surface area contributed by atoms with Gasteiger partial charge in [0.1, 0.15) is 5.82 Å². The van der Waals surface area contributed by atoms with Gasteiger partial charge in [-0.05, 0) is 18.2 Å². The van der Waals surface area contributed by atoms with Crippen LogP contribution in [-0.4, -0.2) is 17.9 Å². The molecular weight excluding hydrogens is 356 g/mol. The predicted octanol–water partition coefficient (Wildman–Crippen LogP) is 4.99. The maximum atomic E-state index is 12.2. The second-order valence-electron chi connectivity index (χ2n) is 4.00. The lowest BCUT2D eigenvalue weighted by molar-refractivity contribution is 0.102. The predicted molar refractivity (Wildman–Crippen MR) is 88.2 cm³/mol. The molecule has 0 aliphatic carbocycles. The molecule has 0 unspecified atom stereocenters. The van der Waals surface area contributed by atoms with Crippen LogP contribution in [0.4, 0.5) is 11.5 Å². The van der Waals surface area contributed by atoms with Crippen LogP contribution >= 0.6 is 46.4 Å². The fraction of sp³-hybridized carbons (Fsp3) is 0.0769. The van der Waals surface area contributed by atoms with Crippen molar-refractivity contribution in [3.8, 4) is 0 Å². The van der Waals surface area contributed by atoms with Gasteiger partial charge in [0.25, 0.3) is 5.91 Å². The van der Waals surface area contributed by atoms with Crippen molar-refractivity contribution in [2.75, 3.05) is 17.7 Å². The van der Waals surface area contributed by atoms with E-state index in [2.05, 4.69) is 15.6 Å². The van der Waals surface area contributed by atoms with Crippen LogP contribution in [0.5, 0.6) is 0 Å². The van der Waals surface area contributed by atoms with Gasteiger partial charge in [0, 0.05) is 18.3 Å². The van der Waals surface area contributed by atoms with E-state index in [0.29, 0.717) is 15.9 Å². The Hall–Kier alpha value is -1.20. The van der Waals surface area contributed by atoms with Crippen molar-refractivity contribution in [3.05, 3.63) is 50.0 Å². The Bertz CT molecular complexity index is 683. The summed E-state index contributed by atoms with van der Waals surface area (Å²) >= 11 is 23.8. The summed E-state index contributed by atoms with van der Waals surface area (Å²) in [5, 5.41) is 6.61. The minimum atomic E-state index is -0.432. The molecule has 2 aromatic rings. The molecule has 0 bridgehead atoms. The van der Waals surface area contributed by atoms with Gasteiger partial charge in [-0.15, -0.1) is 0 Å². The number of amides is 1. The topological polar surface area (TPSA) is 54.0 Å². The Morgan fingerprint density at radius 1 is 1.05 bits per heavy atom. The van der Waals surface area contributed by atoms with Crippen molar-refractivity contribution in [2.45, 2.75) is 0 Å². The van der Waals surface area contributed by atoms with Crippen molar-refractivity contribution in [1.29, 1.82) is 0 Å². The Balaban J connectivity index is 2.28. The van der Waals surface area contributed by atoms with E-state index in [1.165, 1.54) is 24.4 Å². The molecule has 1 heterocycles. The molecule has 21 heavy (non-hydrogen) atoms. The van der Waals surface area contributed by atoms with Crippen molar-refractivity contribution in [3.63, 3.8) is 0 Å². The van der Waals surface area contributed by atoms with Gasteiger partial charge in [-0.25, -0.2) is 4.98 Å². The molecule has 1 amide bonds. The number of carbonyl (C=O) groups is 1. The van der Waals surface area contributed by atoms with E-state index in [4.69, 9.17) is 46.4 Å². The van der Waals surface area contributed by atoms with E-state index in [-0.39, 0.29) is 21.3 Å². The maximum absolute atomic E-state index is 12.2. The summed E-state index contributed by atoms with van der Waals surface area (Å²) < 4.78 is 0. The molecule has 8 heteroatoms. The third kappa shape index (κ3) is 3.71. The number of nitrogens with one attached hydrogen (secondary N) is 2. The molecule has 0 aliphatic heterocycles. The van der Waals surface area contributed by atoms with Crippen LogP contribution < -0.4 is 10.6 Å². The average molecular weight is 365 g/mol. The largest absolute Gasteiger partial charge is 0.372 e. The van der Waals surface area contributed by atoms with Crippen LogP contribution in [0.15, 0.2) is 24.4 Å². The number of rotatable bonds is 3. The normalized spacial score (nSPS) is 10.3. The molecule has 0 aliphatic rings. The molecule has 0 spiro atoms. The molecule has 2 N–H and O–H groups in total. The Morgan fingerprint density at radius 2 is 1.67 bits per heavy atom. The van der Waals surface area contributed by atoms with Gasteiger partial charge in [-0.2, -0.15) is 0 Å². The summed E-state index contributed by atoms with van der Waals surface area (Å²) in [5.74, 6) is 0.0500. The lowest BCUT2D eigenvalue weighted by atomic mass is 10.2. The van der Waals surface area contributed by atoms with E-state index >= 15 is 0 Å². The molecule has 4 nitrogen and oxygen atoms in total. The van der Waals surface area contributed by atoms with Gasteiger partial charge in [0.05, 0.1) is 26.3 Å². The number of anilines is 2. The molecule has 0 fully saturated rings. The summed E-state index contributed by atoms with van der Waals surface area (Å²) in [7, 11) is 1.68. The maximum Gasteiger partial charge on any atom is 0.257 e. The molecule has 110 valence electrons. The van der Waals surface area contributed by atoms with E-state index in [9.17, 15) is 4.79 Å².